The molecule has 2 aliphatic rings. The van der Waals surface area contributed by atoms with Crippen LogP contribution in [0, 0.1) is 5.82 Å². The van der Waals surface area contributed by atoms with Gasteiger partial charge in [0.1, 0.15) is 17.7 Å². The highest BCUT2D eigenvalue weighted by molar-refractivity contribution is 5.97. The molecule has 2 aromatic rings. The summed E-state index contributed by atoms with van der Waals surface area (Å²) in [5.41, 5.74) is 0.716. The molecule has 0 saturated heterocycles. The van der Waals surface area contributed by atoms with E-state index in [-0.39, 0.29) is 12.1 Å². The van der Waals surface area contributed by atoms with Crippen LogP contribution in [0.15, 0.2) is 47.9 Å². The third-order valence-electron chi connectivity index (χ3n) is 4.35. The zero-order valence-electron chi connectivity index (χ0n) is 14.4. The van der Waals surface area contributed by atoms with Crippen molar-refractivity contribution in [2.75, 3.05) is 0 Å². The highest BCUT2D eigenvalue weighted by atomic mass is 19.4. The lowest BCUT2D eigenvalue weighted by Gasteiger charge is -2.28. The number of hydrogen-bond donors (Lipinski definition) is 2. The molecule has 29 heavy (non-hydrogen) atoms. The van der Waals surface area contributed by atoms with E-state index in [1.807, 2.05) is 0 Å². The fourth-order valence-corrected chi connectivity index (χ4v) is 2.90. The SMILES string of the molecule is Fc1ccccc1CC1=NC(c2n[nH]c(C(F)(F)C(F)(F)F)n2)=CN2C=CNC12. The molecule has 0 fully saturated rings. The van der Waals surface area contributed by atoms with E-state index in [0.717, 1.165) is 0 Å². The number of benzene rings is 1. The monoisotopic (exact) mass is 414 g/mol. The maximum atomic E-state index is 14.0. The lowest BCUT2D eigenvalue weighted by atomic mass is 10.0. The summed E-state index contributed by atoms with van der Waals surface area (Å²) in [5, 5.41) is 8.09. The number of H-pyrrole nitrogens is 1. The highest BCUT2D eigenvalue weighted by Gasteiger charge is 2.61. The Bertz CT molecular complexity index is 1020. The van der Waals surface area contributed by atoms with Crippen LogP contribution >= 0.6 is 0 Å². The first-order valence-electron chi connectivity index (χ1n) is 8.27. The van der Waals surface area contributed by atoms with Gasteiger partial charge in [-0.25, -0.2) is 14.4 Å². The minimum atomic E-state index is -5.82. The Morgan fingerprint density at radius 2 is 1.86 bits per heavy atom. The van der Waals surface area contributed by atoms with Crippen LogP contribution in [0.4, 0.5) is 26.3 Å². The zero-order chi connectivity index (χ0) is 20.8. The van der Waals surface area contributed by atoms with Crippen LogP contribution in [-0.4, -0.2) is 38.1 Å². The Morgan fingerprint density at radius 3 is 2.59 bits per heavy atom. The van der Waals surface area contributed by atoms with Crippen molar-refractivity contribution in [1.29, 1.82) is 0 Å². The summed E-state index contributed by atoms with van der Waals surface area (Å²) in [6.45, 7) is 0. The van der Waals surface area contributed by atoms with E-state index >= 15 is 0 Å². The molecule has 1 aromatic heterocycles. The van der Waals surface area contributed by atoms with Gasteiger partial charge in [0.05, 0.1) is 5.71 Å². The van der Waals surface area contributed by atoms with Crippen molar-refractivity contribution in [2.24, 2.45) is 4.99 Å². The molecule has 4 rings (SSSR count). The second-order valence-electron chi connectivity index (χ2n) is 6.30. The van der Waals surface area contributed by atoms with E-state index in [4.69, 9.17) is 0 Å². The Kier molecular flexibility index (Phi) is 4.35. The molecule has 3 heterocycles. The molecule has 0 saturated carbocycles. The first kappa shape index (κ1) is 19.0. The van der Waals surface area contributed by atoms with Crippen LogP contribution in [0.1, 0.15) is 17.2 Å². The molecule has 1 unspecified atom stereocenters. The maximum absolute atomic E-state index is 14.0. The number of aromatic nitrogens is 3. The normalized spacial score (nSPS) is 19.0. The first-order chi connectivity index (χ1) is 13.7. The van der Waals surface area contributed by atoms with E-state index in [2.05, 4.69) is 20.4 Å². The number of rotatable bonds is 4. The minimum Gasteiger partial charge on any atom is -0.365 e. The van der Waals surface area contributed by atoms with Crippen molar-refractivity contribution in [3.63, 3.8) is 0 Å². The van der Waals surface area contributed by atoms with Crippen LogP contribution in [0.25, 0.3) is 5.70 Å². The van der Waals surface area contributed by atoms with Gasteiger partial charge in [-0.05, 0) is 11.6 Å². The van der Waals surface area contributed by atoms with E-state index < -0.39 is 35.7 Å². The number of fused-ring (bicyclic) bond motifs is 1. The van der Waals surface area contributed by atoms with Gasteiger partial charge >= 0.3 is 12.1 Å². The molecule has 152 valence electrons. The highest BCUT2D eigenvalue weighted by Crippen LogP contribution is 2.42. The molecule has 2 aliphatic heterocycles. The summed E-state index contributed by atoms with van der Waals surface area (Å²) in [5.74, 6) is -7.71. The third kappa shape index (κ3) is 3.34. The topological polar surface area (TPSA) is 69.2 Å². The molecule has 12 heteroatoms. The van der Waals surface area contributed by atoms with Crippen molar-refractivity contribution in [2.45, 2.75) is 24.7 Å². The smallest absolute Gasteiger partial charge is 0.365 e. The largest absolute Gasteiger partial charge is 0.461 e. The molecular formula is C17H12F6N6. The Morgan fingerprint density at radius 1 is 1.10 bits per heavy atom. The van der Waals surface area contributed by atoms with E-state index in [9.17, 15) is 26.3 Å². The van der Waals surface area contributed by atoms with Gasteiger partial charge in [0, 0.05) is 25.0 Å². The van der Waals surface area contributed by atoms with Crippen LogP contribution in [0.2, 0.25) is 0 Å². The maximum Gasteiger partial charge on any atom is 0.461 e. The van der Waals surface area contributed by atoms with Crippen LogP contribution in [-0.2, 0) is 12.3 Å². The Hall–Kier alpha value is -3.31. The van der Waals surface area contributed by atoms with E-state index in [1.54, 1.807) is 34.5 Å². The van der Waals surface area contributed by atoms with Gasteiger partial charge in [-0.2, -0.15) is 27.1 Å². The minimum absolute atomic E-state index is 0.0404. The molecule has 0 radical (unpaired) electrons. The number of halogens is 6. The number of hydrogen-bond acceptors (Lipinski definition) is 5. The molecular weight excluding hydrogens is 402 g/mol. The zero-order valence-corrected chi connectivity index (χ0v) is 14.4. The van der Waals surface area contributed by atoms with Crippen molar-refractivity contribution in [1.82, 2.24) is 25.4 Å². The molecule has 2 N–H and O–H groups in total. The predicted octanol–water partition coefficient (Wildman–Crippen LogP) is 3.30. The van der Waals surface area contributed by atoms with Crippen LogP contribution < -0.4 is 5.32 Å². The van der Waals surface area contributed by atoms with Crippen molar-refractivity contribution in [3.8, 4) is 0 Å². The summed E-state index contributed by atoms with van der Waals surface area (Å²) in [4.78, 5) is 9.18. The predicted molar refractivity (Wildman–Crippen MR) is 89.8 cm³/mol. The lowest BCUT2D eigenvalue weighted by molar-refractivity contribution is -0.292. The molecule has 6 nitrogen and oxygen atoms in total. The van der Waals surface area contributed by atoms with Crippen LogP contribution in [0.3, 0.4) is 0 Å². The van der Waals surface area contributed by atoms with Crippen LogP contribution in [0.5, 0.6) is 0 Å². The average molecular weight is 414 g/mol. The molecule has 0 spiro atoms. The molecule has 1 aromatic carbocycles. The molecule has 0 amide bonds. The van der Waals surface area contributed by atoms with E-state index in [0.29, 0.717) is 11.3 Å². The van der Waals surface area contributed by atoms with Gasteiger partial charge < -0.3 is 10.2 Å². The van der Waals surface area contributed by atoms with Gasteiger partial charge in [0.25, 0.3) is 0 Å². The van der Waals surface area contributed by atoms with Crippen molar-refractivity contribution >= 4 is 11.4 Å². The second-order valence-corrected chi connectivity index (χ2v) is 6.30. The summed E-state index contributed by atoms with van der Waals surface area (Å²) in [6.07, 6.45) is -1.59. The Balaban J connectivity index is 1.68. The molecule has 1 atom stereocenters. The van der Waals surface area contributed by atoms with Gasteiger partial charge in [-0.3, -0.25) is 5.10 Å². The standard InChI is InChI=1S/C17H12F6N6/c18-10-4-2-1-3-9(10)7-11-14-24-5-6-29(14)8-12(25-11)13-26-15(28-27-13)16(19,20)17(21,22)23/h1-6,8,14,24H,7H2,(H,26,27,28). The van der Waals surface area contributed by atoms with E-state index in [1.165, 1.54) is 18.3 Å². The number of aromatic amines is 1. The fraction of sp³-hybridized carbons (Fsp3) is 0.235. The molecule has 0 aliphatic carbocycles. The number of alkyl halides is 5. The average Bonchev–Trinajstić information content (AvgIpc) is 3.32. The second kappa shape index (κ2) is 6.64. The Labute approximate surface area is 159 Å². The van der Waals surface area contributed by atoms with Crippen molar-refractivity contribution < 1.29 is 26.3 Å². The van der Waals surface area contributed by atoms with Gasteiger partial charge in [0.15, 0.2) is 0 Å². The quantitative estimate of drug-likeness (QED) is 0.754. The molecule has 0 bridgehead atoms. The number of aliphatic imine (C=N–C) groups is 1. The van der Waals surface area contributed by atoms with Gasteiger partial charge in [-0.15, -0.1) is 0 Å². The summed E-state index contributed by atoms with van der Waals surface area (Å²) >= 11 is 0. The third-order valence-corrected chi connectivity index (χ3v) is 4.35. The summed E-state index contributed by atoms with van der Waals surface area (Å²) in [7, 11) is 0. The first-order valence-corrected chi connectivity index (χ1v) is 8.27. The lowest BCUT2D eigenvalue weighted by Crippen LogP contribution is -2.43. The van der Waals surface area contributed by atoms with Gasteiger partial charge in [-0.1, -0.05) is 18.2 Å². The van der Waals surface area contributed by atoms with Gasteiger partial charge in [0.2, 0.25) is 11.6 Å². The number of nitrogens with one attached hydrogen (secondary N) is 2. The number of nitrogens with zero attached hydrogens (tertiary/aromatic N) is 4. The van der Waals surface area contributed by atoms with Crippen molar-refractivity contribution in [3.05, 3.63) is 65.9 Å². The fourth-order valence-electron chi connectivity index (χ4n) is 2.90. The summed E-state index contributed by atoms with van der Waals surface area (Å²) < 4.78 is 78.6. The summed E-state index contributed by atoms with van der Waals surface area (Å²) in [6, 6.07) is 6.04.